The molecule has 36 heteroatoms. The Morgan fingerprint density at radius 2 is 0.824 bits per heavy atom. The summed E-state index contributed by atoms with van der Waals surface area (Å²) in [5.74, 6) is -4.12. The number of rotatable bonds is 13. The third-order valence-corrected chi connectivity index (χ3v) is 14.1. The first kappa shape index (κ1) is 50.3. The molecule has 0 bridgehead atoms. The fourth-order valence-corrected chi connectivity index (χ4v) is 9.68. The molecule has 0 saturated heterocycles. The van der Waals surface area contributed by atoms with Crippen LogP contribution < -0.4 is 0 Å². The molecule has 0 unspecified atom stereocenters. The van der Waals surface area contributed by atoms with E-state index in [4.69, 9.17) is 0 Å². The predicted molar refractivity (Wildman–Crippen MR) is 224 cm³/mol. The molecule has 0 aliphatic rings. The lowest BCUT2D eigenvalue weighted by atomic mass is 10.1. The van der Waals surface area contributed by atoms with E-state index in [1.165, 1.54) is 0 Å². The van der Waals surface area contributed by atoms with Crippen LogP contribution in [0.4, 0.5) is 39.8 Å². The van der Waals surface area contributed by atoms with Crippen molar-refractivity contribution in [3.63, 3.8) is 0 Å². The minimum atomic E-state index is -5.61. The molecule has 0 saturated carbocycles. The van der Waals surface area contributed by atoms with Crippen molar-refractivity contribution < 1.29 is 98.1 Å². The summed E-state index contributed by atoms with van der Waals surface area (Å²) in [6, 6.07) is 7.29. The molecule has 0 radical (unpaired) electrons. The number of nitrogens with zero attached hydrogens (tertiary/aromatic N) is 7. The monoisotopic (exact) mass is 1060 g/mol. The number of phenols is 3. The minimum absolute atomic E-state index is 0.307. The van der Waals surface area contributed by atoms with E-state index in [0.717, 1.165) is 24.3 Å². The standard InChI is InChI=1S/C32H21N7O23S6/c40-30-18-4-3-17(63(45,46)47)7-13(18)8-23(66(54,55)56)27(30)36-33-15-1-5-19(21(11-15)64(48,49)50)34-37-28-24(67(57,58)59)9-14-10-25(68(60,61)62)29(32(42)26(14)31(28)41)38-35-20-6-2-16(39(43)44)12-22(20)65(51,52)53/h1-12,40-42H,(H,45,46,47)(H,48,49,50)(H,51,52,53)(H,54,55,56)(H,57,58,59)(H,60,61,62). The third-order valence-electron chi connectivity index (χ3n) is 8.84. The molecule has 0 aliphatic carbocycles. The average Bonchev–Trinajstić information content (AvgIpc) is 3.20. The van der Waals surface area contributed by atoms with Crippen LogP contribution in [0.1, 0.15) is 0 Å². The maximum absolute atomic E-state index is 12.5. The second-order valence-corrected chi connectivity index (χ2v) is 21.6. The lowest BCUT2D eigenvalue weighted by molar-refractivity contribution is -0.385. The number of nitro groups is 1. The molecule has 6 aromatic carbocycles. The third kappa shape index (κ3) is 10.2. The zero-order chi connectivity index (χ0) is 50.9. The number of fused-ring (bicyclic) bond motifs is 2. The zero-order valence-corrected chi connectivity index (χ0v) is 37.1. The van der Waals surface area contributed by atoms with Gasteiger partial charge in [0, 0.05) is 17.5 Å². The van der Waals surface area contributed by atoms with Crippen molar-refractivity contribution in [1.29, 1.82) is 0 Å². The Bertz CT molecular complexity index is 4030. The van der Waals surface area contributed by atoms with Gasteiger partial charge >= 0.3 is 0 Å². The summed E-state index contributed by atoms with van der Waals surface area (Å²) in [7, 11) is -32.1. The van der Waals surface area contributed by atoms with Crippen molar-refractivity contribution in [1.82, 2.24) is 0 Å². The molecule has 0 amide bonds. The van der Waals surface area contributed by atoms with Crippen molar-refractivity contribution in [2.75, 3.05) is 0 Å². The van der Waals surface area contributed by atoms with Crippen LogP contribution in [0, 0.1) is 10.1 Å². The van der Waals surface area contributed by atoms with Crippen molar-refractivity contribution in [3.8, 4) is 17.2 Å². The number of phenolic OH excluding ortho intramolecular Hbond substituents is 3. The van der Waals surface area contributed by atoms with Crippen LogP contribution in [0.15, 0.2) is 133 Å². The summed E-state index contributed by atoms with van der Waals surface area (Å²) >= 11 is 0. The minimum Gasteiger partial charge on any atom is -0.505 e. The molecule has 0 atom stereocenters. The normalized spacial score (nSPS) is 13.4. The molecular formula is C32H21N7O23S6. The van der Waals surface area contributed by atoms with Crippen molar-refractivity contribution in [2.45, 2.75) is 29.4 Å². The van der Waals surface area contributed by atoms with Crippen LogP contribution >= 0.6 is 0 Å². The van der Waals surface area contributed by atoms with Gasteiger partial charge in [-0.25, -0.2) is 0 Å². The van der Waals surface area contributed by atoms with E-state index in [0.29, 0.717) is 48.5 Å². The Kier molecular flexibility index (Phi) is 12.7. The summed E-state index contributed by atoms with van der Waals surface area (Å²) in [5, 5.41) is 62.8. The first-order valence-corrected chi connectivity index (χ1v) is 25.6. The number of nitro benzene ring substituents is 1. The number of aromatic hydroxyl groups is 3. The molecule has 0 heterocycles. The van der Waals surface area contributed by atoms with Crippen LogP contribution in [0.3, 0.4) is 0 Å². The Hall–Kier alpha value is -7.10. The van der Waals surface area contributed by atoms with Crippen LogP contribution in [-0.4, -0.2) is 98.1 Å². The quantitative estimate of drug-likeness (QED) is 0.0288. The highest BCUT2D eigenvalue weighted by molar-refractivity contribution is 7.87. The van der Waals surface area contributed by atoms with Gasteiger partial charge in [0.25, 0.3) is 66.4 Å². The van der Waals surface area contributed by atoms with Gasteiger partial charge in [-0.15, -0.1) is 25.6 Å². The number of azo groups is 3. The molecule has 0 spiro atoms. The first-order valence-electron chi connectivity index (χ1n) is 17.0. The van der Waals surface area contributed by atoms with Crippen LogP contribution in [-0.2, 0) is 60.7 Å². The van der Waals surface area contributed by atoms with E-state index >= 15 is 0 Å². The van der Waals surface area contributed by atoms with E-state index in [1.54, 1.807) is 0 Å². The topological polar surface area (TPSA) is 504 Å². The second kappa shape index (κ2) is 17.2. The van der Waals surface area contributed by atoms with E-state index in [2.05, 4.69) is 30.7 Å². The lowest BCUT2D eigenvalue weighted by Gasteiger charge is -2.13. The molecule has 6 aromatic rings. The van der Waals surface area contributed by atoms with Gasteiger partial charge in [0.2, 0.25) is 0 Å². The van der Waals surface area contributed by atoms with E-state index in [1.807, 2.05) is 0 Å². The number of hydrogen-bond donors (Lipinski definition) is 9. The van der Waals surface area contributed by atoms with Crippen LogP contribution in [0.25, 0.3) is 21.5 Å². The molecule has 358 valence electrons. The van der Waals surface area contributed by atoms with Crippen molar-refractivity contribution in [2.24, 2.45) is 30.7 Å². The first-order chi connectivity index (χ1) is 31.1. The zero-order valence-electron chi connectivity index (χ0n) is 32.2. The Labute approximate surface area is 378 Å². The van der Waals surface area contributed by atoms with E-state index in [9.17, 15) is 103 Å². The number of benzene rings is 6. The van der Waals surface area contributed by atoms with Gasteiger partial charge in [-0.05, 0) is 71.4 Å². The molecule has 68 heavy (non-hydrogen) atoms. The van der Waals surface area contributed by atoms with Crippen LogP contribution in [0.5, 0.6) is 17.2 Å². The summed E-state index contributed by atoms with van der Waals surface area (Å²) in [6.07, 6.45) is 0. The maximum Gasteiger partial charge on any atom is 0.297 e. The molecule has 9 N–H and O–H groups in total. The molecule has 0 aliphatic heterocycles. The summed E-state index contributed by atoms with van der Waals surface area (Å²) in [5.41, 5.74) is -7.14. The van der Waals surface area contributed by atoms with Crippen molar-refractivity contribution in [3.05, 3.63) is 82.9 Å². The van der Waals surface area contributed by atoms with Gasteiger partial charge < -0.3 is 15.3 Å². The Morgan fingerprint density at radius 3 is 1.26 bits per heavy atom. The summed E-state index contributed by atoms with van der Waals surface area (Å²) < 4.78 is 205. The Balaban J connectivity index is 1.51. The smallest absolute Gasteiger partial charge is 0.297 e. The summed E-state index contributed by atoms with van der Waals surface area (Å²) in [6.45, 7) is 0. The molecule has 0 aromatic heterocycles. The van der Waals surface area contributed by atoms with Crippen molar-refractivity contribution >= 4 is 122 Å². The van der Waals surface area contributed by atoms with Gasteiger partial charge in [-0.3, -0.25) is 37.4 Å². The fourth-order valence-electron chi connectivity index (χ4n) is 5.91. The lowest BCUT2D eigenvalue weighted by Crippen LogP contribution is -2.02. The van der Waals surface area contributed by atoms with Gasteiger partial charge in [0.1, 0.15) is 52.9 Å². The molecule has 0 fully saturated rings. The van der Waals surface area contributed by atoms with Gasteiger partial charge in [-0.2, -0.15) is 55.6 Å². The highest BCUT2D eigenvalue weighted by Gasteiger charge is 2.30. The molecule has 30 nitrogen and oxygen atoms in total. The largest absolute Gasteiger partial charge is 0.505 e. The molecular weight excluding hydrogens is 1040 g/mol. The number of hydrogen-bond acceptors (Lipinski definition) is 23. The SMILES string of the molecule is O=[N+]([O-])c1ccc(N=Nc2c(S(=O)(=O)O)cc3cc(S(=O)(=O)O)c(N=Nc4ccc(N=Nc5c(S(=O)(=O)O)cc6cc(S(=O)(=O)O)ccc6c5O)cc4S(=O)(=O)O)c(O)c3c2O)c(S(=O)(=O)O)c1. The van der Waals surface area contributed by atoms with E-state index in [-0.39, 0.29) is 10.8 Å². The average molecular weight is 1060 g/mol. The highest BCUT2D eigenvalue weighted by Crippen LogP contribution is 2.51. The fraction of sp³-hybridized carbons (Fsp3) is 0. The van der Waals surface area contributed by atoms with Crippen LogP contribution in [0.2, 0.25) is 0 Å². The number of non-ortho nitro benzene ring substituents is 1. The Morgan fingerprint density at radius 1 is 0.412 bits per heavy atom. The molecule has 6 rings (SSSR count). The van der Waals surface area contributed by atoms with Gasteiger partial charge in [0.15, 0.2) is 17.2 Å². The second-order valence-electron chi connectivity index (χ2n) is 13.2. The maximum atomic E-state index is 12.5. The van der Waals surface area contributed by atoms with Gasteiger partial charge in [0.05, 0.1) is 20.9 Å². The highest BCUT2D eigenvalue weighted by atomic mass is 32.2. The van der Waals surface area contributed by atoms with Gasteiger partial charge in [-0.1, -0.05) is 0 Å². The predicted octanol–water partition coefficient (Wildman–Crippen LogP) is 5.74. The van der Waals surface area contributed by atoms with E-state index < -0.39 is 163 Å². The summed E-state index contributed by atoms with van der Waals surface area (Å²) in [4.78, 5) is 2.74.